The van der Waals surface area contributed by atoms with Crippen molar-refractivity contribution in [3.05, 3.63) is 12.4 Å². The van der Waals surface area contributed by atoms with Crippen molar-refractivity contribution in [2.75, 3.05) is 26.2 Å². The standard InChI is InChI=1S/C20H37FN6O/c1-20(28)12-27(13-20)16-8-17(24-10-14-2-4-15(21)5-3-14)25-18(9-16)26-19-11-22-6-7-23-19/h6-7,14-19,22-26,28H,2-5,8-13H2,1H3/t14-,15+,16?,17?,18?,19?. The van der Waals surface area contributed by atoms with E-state index in [1.54, 1.807) is 0 Å². The molecule has 3 fully saturated rings. The minimum atomic E-state index is -0.591. The number of piperidine rings is 1. The maximum absolute atomic E-state index is 13.4. The van der Waals surface area contributed by atoms with Crippen LogP contribution in [0.3, 0.4) is 0 Å². The Morgan fingerprint density at radius 3 is 2.54 bits per heavy atom. The first kappa shape index (κ1) is 20.3. The molecule has 0 bridgehead atoms. The van der Waals surface area contributed by atoms with Crippen molar-refractivity contribution in [1.82, 2.24) is 31.5 Å². The van der Waals surface area contributed by atoms with Gasteiger partial charge in [-0.15, -0.1) is 0 Å². The van der Waals surface area contributed by atoms with Gasteiger partial charge < -0.3 is 21.1 Å². The van der Waals surface area contributed by atoms with Gasteiger partial charge in [-0.25, -0.2) is 4.39 Å². The molecule has 0 aromatic heterocycles. The third-order valence-electron chi connectivity index (χ3n) is 6.67. The van der Waals surface area contributed by atoms with Crippen molar-refractivity contribution in [3.8, 4) is 0 Å². The first-order valence-electron chi connectivity index (χ1n) is 11.0. The average Bonchev–Trinajstić information content (AvgIpc) is 2.66. The summed E-state index contributed by atoms with van der Waals surface area (Å²) in [7, 11) is 0. The van der Waals surface area contributed by atoms with Crippen molar-refractivity contribution in [1.29, 1.82) is 0 Å². The predicted octanol–water partition coefficient (Wildman–Crippen LogP) is 0.155. The second kappa shape index (κ2) is 8.83. The SMILES string of the molecule is CC1(O)CN(C2CC(NC[C@H]3CC[C@@H](F)CC3)NC(NC3CNC=CN3)C2)C1. The summed E-state index contributed by atoms with van der Waals surface area (Å²) in [6.07, 6.45) is 9.36. The monoisotopic (exact) mass is 396 g/mol. The summed E-state index contributed by atoms with van der Waals surface area (Å²) in [6.45, 7) is 5.23. The summed E-state index contributed by atoms with van der Waals surface area (Å²) in [5, 5.41) is 27.9. The van der Waals surface area contributed by atoms with E-state index in [-0.39, 0.29) is 18.5 Å². The third kappa shape index (κ3) is 5.36. The van der Waals surface area contributed by atoms with Crippen LogP contribution < -0.4 is 26.6 Å². The molecule has 0 aromatic rings. The van der Waals surface area contributed by atoms with Gasteiger partial charge in [-0.2, -0.15) is 0 Å². The molecular weight excluding hydrogens is 359 g/mol. The van der Waals surface area contributed by atoms with Crippen molar-refractivity contribution in [2.45, 2.75) is 81.8 Å². The molecule has 1 saturated carbocycles. The van der Waals surface area contributed by atoms with Gasteiger partial charge in [0, 0.05) is 38.1 Å². The minimum absolute atomic E-state index is 0.196. The Hall–Kier alpha value is -0.930. The van der Waals surface area contributed by atoms with Gasteiger partial charge in [-0.3, -0.25) is 15.5 Å². The molecule has 4 unspecified atom stereocenters. The van der Waals surface area contributed by atoms with Gasteiger partial charge in [0.15, 0.2) is 0 Å². The predicted molar refractivity (Wildman–Crippen MR) is 108 cm³/mol. The van der Waals surface area contributed by atoms with Gasteiger partial charge in [-0.05, 0) is 57.9 Å². The van der Waals surface area contributed by atoms with Gasteiger partial charge in [0.2, 0.25) is 0 Å². The summed E-state index contributed by atoms with van der Waals surface area (Å²) >= 11 is 0. The number of nitrogens with one attached hydrogen (secondary N) is 5. The van der Waals surface area contributed by atoms with E-state index in [2.05, 4.69) is 31.5 Å². The minimum Gasteiger partial charge on any atom is -0.388 e. The molecule has 0 spiro atoms. The molecule has 8 heteroatoms. The number of hydrogen-bond donors (Lipinski definition) is 6. The Bertz CT molecular complexity index is 531. The fraction of sp³-hybridized carbons (Fsp3) is 0.900. The zero-order chi connectivity index (χ0) is 19.6. The molecule has 4 rings (SSSR count). The first-order chi connectivity index (χ1) is 13.5. The van der Waals surface area contributed by atoms with Crippen LogP contribution in [0.25, 0.3) is 0 Å². The molecule has 0 amide bonds. The molecule has 2 saturated heterocycles. The fourth-order valence-corrected chi connectivity index (χ4v) is 5.12. The molecule has 160 valence electrons. The van der Waals surface area contributed by atoms with Crippen molar-refractivity contribution in [3.63, 3.8) is 0 Å². The topological polar surface area (TPSA) is 83.6 Å². The molecule has 4 aliphatic rings. The van der Waals surface area contributed by atoms with Crippen LogP contribution in [0.2, 0.25) is 0 Å². The highest BCUT2D eigenvalue weighted by molar-refractivity contribution is 4.99. The van der Waals surface area contributed by atoms with Gasteiger partial charge >= 0.3 is 0 Å². The van der Waals surface area contributed by atoms with E-state index in [1.807, 2.05) is 19.3 Å². The van der Waals surface area contributed by atoms with E-state index < -0.39 is 11.8 Å². The number of halogens is 1. The Kier molecular flexibility index (Phi) is 6.42. The summed E-state index contributed by atoms with van der Waals surface area (Å²) in [4.78, 5) is 2.41. The molecule has 3 aliphatic heterocycles. The van der Waals surface area contributed by atoms with E-state index in [4.69, 9.17) is 0 Å². The molecule has 0 aromatic carbocycles. The maximum Gasteiger partial charge on any atom is 0.100 e. The summed E-state index contributed by atoms with van der Waals surface area (Å²) in [5.74, 6) is 0.583. The van der Waals surface area contributed by atoms with Crippen LogP contribution in [0.1, 0.15) is 45.4 Å². The molecule has 4 atom stereocenters. The largest absolute Gasteiger partial charge is 0.388 e. The lowest BCUT2D eigenvalue weighted by Crippen LogP contribution is -2.70. The molecule has 3 heterocycles. The van der Waals surface area contributed by atoms with Gasteiger partial charge in [-0.1, -0.05) is 0 Å². The number of hydrogen-bond acceptors (Lipinski definition) is 7. The quantitative estimate of drug-likeness (QED) is 0.381. The fourth-order valence-electron chi connectivity index (χ4n) is 5.12. The smallest absolute Gasteiger partial charge is 0.100 e. The Morgan fingerprint density at radius 1 is 1.11 bits per heavy atom. The van der Waals surface area contributed by atoms with E-state index in [0.717, 1.165) is 51.9 Å². The van der Waals surface area contributed by atoms with E-state index >= 15 is 0 Å². The van der Waals surface area contributed by atoms with Crippen LogP contribution in [0.15, 0.2) is 12.4 Å². The molecule has 7 nitrogen and oxygen atoms in total. The van der Waals surface area contributed by atoms with E-state index in [1.165, 1.54) is 0 Å². The Morgan fingerprint density at radius 2 is 1.86 bits per heavy atom. The average molecular weight is 397 g/mol. The number of likely N-dealkylation sites (tertiary alicyclic amines) is 1. The molecular formula is C20H37FN6O. The first-order valence-corrected chi connectivity index (χ1v) is 11.0. The van der Waals surface area contributed by atoms with Gasteiger partial charge in [0.25, 0.3) is 0 Å². The van der Waals surface area contributed by atoms with Crippen LogP contribution in [0, 0.1) is 5.92 Å². The zero-order valence-corrected chi connectivity index (χ0v) is 17.0. The summed E-state index contributed by atoms with van der Waals surface area (Å²) in [6, 6.07) is 0.449. The molecule has 0 radical (unpaired) electrons. The number of alkyl halides is 1. The maximum atomic E-state index is 13.4. The second-order valence-electron chi connectivity index (χ2n) is 9.45. The van der Waals surface area contributed by atoms with Crippen molar-refractivity contribution < 1.29 is 9.50 Å². The van der Waals surface area contributed by atoms with Crippen LogP contribution in [0.4, 0.5) is 4.39 Å². The lowest BCUT2D eigenvalue weighted by molar-refractivity contribution is -0.112. The number of rotatable bonds is 6. The molecule has 6 N–H and O–H groups in total. The zero-order valence-electron chi connectivity index (χ0n) is 17.0. The number of nitrogens with zero attached hydrogens (tertiary/aromatic N) is 1. The number of aliphatic hydroxyl groups is 1. The van der Waals surface area contributed by atoms with Crippen LogP contribution >= 0.6 is 0 Å². The lowest BCUT2D eigenvalue weighted by Gasteiger charge is -2.52. The highest BCUT2D eigenvalue weighted by Crippen LogP contribution is 2.29. The van der Waals surface area contributed by atoms with Crippen LogP contribution in [0.5, 0.6) is 0 Å². The lowest BCUT2D eigenvalue weighted by atomic mass is 9.87. The summed E-state index contributed by atoms with van der Waals surface area (Å²) < 4.78 is 13.4. The number of β-amino-alcohol motifs (C(OH)–C–C–N with tert-alkyl or cyclic N) is 1. The van der Waals surface area contributed by atoms with E-state index in [9.17, 15) is 9.50 Å². The second-order valence-corrected chi connectivity index (χ2v) is 9.45. The highest BCUT2D eigenvalue weighted by Gasteiger charge is 2.43. The Labute approximate surface area is 167 Å². The molecule has 1 aliphatic carbocycles. The van der Waals surface area contributed by atoms with Gasteiger partial charge in [0.05, 0.1) is 24.1 Å². The van der Waals surface area contributed by atoms with Crippen molar-refractivity contribution >= 4 is 0 Å². The third-order valence-corrected chi connectivity index (χ3v) is 6.67. The molecule has 28 heavy (non-hydrogen) atoms. The van der Waals surface area contributed by atoms with Crippen LogP contribution in [-0.4, -0.2) is 72.5 Å². The normalized spacial score (nSPS) is 41.0. The van der Waals surface area contributed by atoms with Gasteiger partial charge in [0.1, 0.15) is 6.17 Å². The summed E-state index contributed by atoms with van der Waals surface area (Å²) in [5.41, 5.74) is -0.540. The van der Waals surface area contributed by atoms with Crippen LogP contribution in [-0.2, 0) is 0 Å². The highest BCUT2D eigenvalue weighted by atomic mass is 19.1. The van der Waals surface area contributed by atoms with E-state index in [0.29, 0.717) is 24.8 Å². The Balaban J connectivity index is 1.31. The van der Waals surface area contributed by atoms with Crippen molar-refractivity contribution in [2.24, 2.45) is 5.92 Å².